The minimum Gasteiger partial charge on any atom is -0.313 e. The van der Waals surface area contributed by atoms with Gasteiger partial charge in [0.2, 0.25) is 0 Å². The van der Waals surface area contributed by atoms with Crippen molar-refractivity contribution < 1.29 is 0 Å². The Morgan fingerprint density at radius 1 is 1.28 bits per heavy atom. The van der Waals surface area contributed by atoms with Crippen LogP contribution in [0.3, 0.4) is 0 Å². The summed E-state index contributed by atoms with van der Waals surface area (Å²) in [5.74, 6) is 1.50. The Morgan fingerprint density at radius 2 is 1.89 bits per heavy atom. The highest BCUT2D eigenvalue weighted by atomic mass is 15.6. The van der Waals surface area contributed by atoms with Gasteiger partial charge in [0.05, 0.1) is 7.05 Å². The van der Waals surface area contributed by atoms with Crippen LogP contribution >= 0.6 is 0 Å². The van der Waals surface area contributed by atoms with Gasteiger partial charge in [-0.2, -0.15) is 4.80 Å². The summed E-state index contributed by atoms with van der Waals surface area (Å²) in [6.07, 6.45) is 0.860. The lowest BCUT2D eigenvalue weighted by Crippen LogP contribution is -2.35. The van der Waals surface area contributed by atoms with Gasteiger partial charge in [0, 0.05) is 12.5 Å². The van der Waals surface area contributed by atoms with E-state index in [-0.39, 0.29) is 0 Å². The third-order valence-corrected chi connectivity index (χ3v) is 4.95. The van der Waals surface area contributed by atoms with E-state index in [9.17, 15) is 0 Å². The lowest BCUT2D eigenvalue weighted by molar-refractivity contribution is 0.397. The van der Waals surface area contributed by atoms with E-state index >= 15 is 0 Å². The van der Waals surface area contributed by atoms with Crippen LogP contribution in [0.5, 0.6) is 0 Å². The molecule has 102 valence electrons. The Hall–Kier alpha value is -0.970. The normalized spacial score (nSPS) is 23.0. The summed E-state index contributed by atoms with van der Waals surface area (Å²) >= 11 is 0. The van der Waals surface area contributed by atoms with Crippen LogP contribution in [0.15, 0.2) is 0 Å². The number of aromatic nitrogens is 4. The molecule has 0 amide bonds. The molecule has 0 aliphatic heterocycles. The quantitative estimate of drug-likeness (QED) is 0.860. The van der Waals surface area contributed by atoms with Crippen LogP contribution < -0.4 is 5.32 Å². The van der Waals surface area contributed by atoms with Crippen molar-refractivity contribution in [3.05, 3.63) is 5.82 Å². The Kier molecular flexibility index (Phi) is 3.21. The monoisotopic (exact) mass is 251 g/mol. The van der Waals surface area contributed by atoms with Crippen molar-refractivity contribution in [2.24, 2.45) is 23.8 Å². The van der Waals surface area contributed by atoms with E-state index in [1.807, 2.05) is 7.05 Å². The highest BCUT2D eigenvalue weighted by Crippen LogP contribution is 2.69. The van der Waals surface area contributed by atoms with Crippen molar-refractivity contribution in [1.82, 2.24) is 25.5 Å². The van der Waals surface area contributed by atoms with E-state index in [0.717, 1.165) is 18.8 Å². The van der Waals surface area contributed by atoms with Crippen LogP contribution in [0, 0.1) is 16.7 Å². The number of nitrogens with one attached hydrogen (secondary N) is 1. The standard InChI is InChI=1S/C13H25N5/c1-7-14-9(8-10-15-17-18(6)16-10)11-12(2,3)13(11,4)5/h9,11,14H,7-8H2,1-6H3. The molecule has 1 fully saturated rings. The Bertz CT molecular complexity index is 407. The van der Waals surface area contributed by atoms with E-state index < -0.39 is 0 Å². The molecule has 1 aliphatic rings. The Morgan fingerprint density at radius 3 is 2.28 bits per heavy atom. The van der Waals surface area contributed by atoms with E-state index in [0.29, 0.717) is 22.8 Å². The van der Waals surface area contributed by atoms with Gasteiger partial charge in [-0.25, -0.2) is 0 Å². The first-order valence-electron chi connectivity index (χ1n) is 6.77. The van der Waals surface area contributed by atoms with Crippen LogP contribution in [-0.2, 0) is 13.5 Å². The molecule has 5 heteroatoms. The van der Waals surface area contributed by atoms with Crippen molar-refractivity contribution in [1.29, 1.82) is 0 Å². The summed E-state index contributed by atoms with van der Waals surface area (Å²) in [6.45, 7) is 12.5. The third-order valence-electron chi connectivity index (χ3n) is 4.95. The summed E-state index contributed by atoms with van der Waals surface area (Å²) in [7, 11) is 1.81. The first-order chi connectivity index (χ1) is 8.30. The summed E-state index contributed by atoms with van der Waals surface area (Å²) in [5, 5.41) is 15.9. The first-order valence-corrected chi connectivity index (χ1v) is 6.77. The zero-order valence-electron chi connectivity index (χ0n) is 12.4. The molecule has 0 bridgehead atoms. The predicted molar refractivity (Wildman–Crippen MR) is 71.0 cm³/mol. The number of tetrazole rings is 1. The van der Waals surface area contributed by atoms with Gasteiger partial charge in [0.1, 0.15) is 0 Å². The van der Waals surface area contributed by atoms with Gasteiger partial charge in [-0.05, 0) is 28.5 Å². The van der Waals surface area contributed by atoms with Crippen molar-refractivity contribution in [3.63, 3.8) is 0 Å². The summed E-state index contributed by atoms with van der Waals surface area (Å²) in [5.41, 5.74) is 0.754. The maximum Gasteiger partial charge on any atom is 0.176 e. The molecule has 1 aromatic heterocycles. The number of hydrogen-bond donors (Lipinski definition) is 1. The van der Waals surface area contributed by atoms with Gasteiger partial charge in [0.15, 0.2) is 5.82 Å². The van der Waals surface area contributed by atoms with Crippen LogP contribution in [0.4, 0.5) is 0 Å². The highest BCUT2D eigenvalue weighted by molar-refractivity contribution is 5.17. The summed E-state index contributed by atoms with van der Waals surface area (Å²) in [6, 6.07) is 0.434. The fraction of sp³-hybridized carbons (Fsp3) is 0.923. The smallest absolute Gasteiger partial charge is 0.176 e. The zero-order valence-corrected chi connectivity index (χ0v) is 12.4. The maximum absolute atomic E-state index is 4.29. The van der Waals surface area contributed by atoms with Crippen LogP contribution in [0.25, 0.3) is 0 Å². The number of rotatable bonds is 5. The molecule has 0 aromatic carbocycles. The number of nitrogens with zero attached hydrogens (tertiary/aromatic N) is 4. The summed E-state index contributed by atoms with van der Waals surface area (Å²) in [4.78, 5) is 1.53. The van der Waals surface area contributed by atoms with E-state index in [1.54, 1.807) is 0 Å². The van der Waals surface area contributed by atoms with Crippen molar-refractivity contribution in [3.8, 4) is 0 Å². The minimum absolute atomic E-state index is 0.377. The number of hydrogen-bond acceptors (Lipinski definition) is 4. The maximum atomic E-state index is 4.29. The SMILES string of the molecule is CCNC(Cc1nnn(C)n1)C1C(C)(C)C1(C)C. The van der Waals surface area contributed by atoms with Crippen molar-refractivity contribution in [2.45, 2.75) is 47.1 Å². The topological polar surface area (TPSA) is 55.6 Å². The Labute approximate surface area is 109 Å². The van der Waals surface area contributed by atoms with Crippen LogP contribution in [0.1, 0.15) is 40.4 Å². The van der Waals surface area contributed by atoms with Crippen molar-refractivity contribution in [2.75, 3.05) is 6.54 Å². The van der Waals surface area contributed by atoms with Crippen LogP contribution in [-0.4, -0.2) is 32.8 Å². The number of likely N-dealkylation sites (N-methyl/N-ethyl adjacent to an activating group) is 1. The van der Waals surface area contributed by atoms with E-state index in [1.165, 1.54) is 4.80 Å². The molecule has 1 aliphatic carbocycles. The van der Waals surface area contributed by atoms with E-state index in [4.69, 9.17) is 0 Å². The predicted octanol–water partition coefficient (Wildman–Crippen LogP) is 1.41. The number of aryl methyl sites for hydroxylation is 1. The molecule has 1 saturated carbocycles. The van der Waals surface area contributed by atoms with Gasteiger partial charge in [0.25, 0.3) is 0 Å². The lowest BCUT2D eigenvalue weighted by atomic mass is 10.0. The molecule has 0 radical (unpaired) electrons. The molecule has 1 atom stereocenters. The molecular weight excluding hydrogens is 226 g/mol. The fourth-order valence-electron chi connectivity index (χ4n) is 3.43. The molecule has 0 spiro atoms. The van der Waals surface area contributed by atoms with E-state index in [2.05, 4.69) is 55.3 Å². The van der Waals surface area contributed by atoms with Gasteiger partial charge in [-0.15, -0.1) is 10.2 Å². The molecular formula is C13H25N5. The van der Waals surface area contributed by atoms with Gasteiger partial charge >= 0.3 is 0 Å². The van der Waals surface area contributed by atoms with Gasteiger partial charge in [-0.3, -0.25) is 0 Å². The molecule has 0 saturated heterocycles. The molecule has 2 rings (SSSR count). The summed E-state index contributed by atoms with van der Waals surface area (Å²) < 4.78 is 0. The fourth-order valence-corrected chi connectivity index (χ4v) is 3.43. The second-order valence-corrected chi connectivity index (χ2v) is 6.48. The molecule has 18 heavy (non-hydrogen) atoms. The Balaban J connectivity index is 2.11. The molecule has 1 aromatic rings. The molecule has 1 N–H and O–H groups in total. The molecule has 5 nitrogen and oxygen atoms in total. The zero-order chi connectivity index (χ0) is 13.6. The largest absolute Gasteiger partial charge is 0.313 e. The molecule has 1 heterocycles. The first kappa shape index (κ1) is 13.5. The minimum atomic E-state index is 0.377. The molecule has 1 unspecified atom stereocenters. The lowest BCUT2D eigenvalue weighted by Gasteiger charge is -2.18. The van der Waals surface area contributed by atoms with Crippen molar-refractivity contribution >= 4 is 0 Å². The second kappa shape index (κ2) is 4.30. The third kappa shape index (κ3) is 2.05. The second-order valence-electron chi connectivity index (χ2n) is 6.48. The van der Waals surface area contributed by atoms with Crippen LogP contribution in [0.2, 0.25) is 0 Å². The highest BCUT2D eigenvalue weighted by Gasteiger charge is 2.66. The average Bonchev–Trinajstić information content (AvgIpc) is 2.58. The van der Waals surface area contributed by atoms with Gasteiger partial charge < -0.3 is 5.32 Å². The van der Waals surface area contributed by atoms with Gasteiger partial charge in [-0.1, -0.05) is 34.6 Å². The average molecular weight is 251 g/mol.